The van der Waals surface area contributed by atoms with E-state index in [1.165, 1.54) is 5.56 Å². The van der Waals surface area contributed by atoms with E-state index >= 15 is 0 Å². The molecule has 4 rings (SSSR count). The Morgan fingerprint density at radius 3 is 2.81 bits per heavy atom. The summed E-state index contributed by atoms with van der Waals surface area (Å²) in [6.07, 6.45) is 5.84. The molecular weight excluding hydrogens is 344 g/mol. The molecule has 2 aliphatic heterocycles. The number of morpholine rings is 1. The van der Waals surface area contributed by atoms with E-state index in [-0.39, 0.29) is 11.8 Å². The summed E-state index contributed by atoms with van der Waals surface area (Å²) < 4.78 is 9.39. The molecule has 4 heterocycles. The summed E-state index contributed by atoms with van der Waals surface area (Å²) in [6, 6.07) is 0.346. The van der Waals surface area contributed by atoms with Crippen molar-refractivity contribution in [1.82, 2.24) is 29.1 Å². The number of hydrogen-bond acceptors (Lipinski definition) is 5. The third kappa shape index (κ3) is 3.64. The summed E-state index contributed by atoms with van der Waals surface area (Å²) in [6.45, 7) is 9.06. The Labute approximate surface area is 159 Å². The van der Waals surface area contributed by atoms with Crippen LogP contribution in [0.3, 0.4) is 0 Å². The van der Waals surface area contributed by atoms with Crippen molar-refractivity contribution in [2.24, 2.45) is 7.05 Å². The zero-order valence-electron chi connectivity index (χ0n) is 16.3. The molecule has 2 aliphatic rings. The van der Waals surface area contributed by atoms with E-state index in [0.717, 1.165) is 24.5 Å². The molecule has 2 aromatic rings. The molecule has 0 radical (unpaired) electrons. The number of fused-ring (bicyclic) bond motifs is 1. The van der Waals surface area contributed by atoms with Crippen molar-refractivity contribution in [3.05, 3.63) is 35.7 Å². The molecule has 0 bridgehead atoms. The van der Waals surface area contributed by atoms with Crippen molar-refractivity contribution in [1.29, 1.82) is 0 Å². The van der Waals surface area contributed by atoms with Crippen LogP contribution in [0.5, 0.6) is 0 Å². The highest BCUT2D eigenvalue weighted by Gasteiger charge is 2.36. The van der Waals surface area contributed by atoms with Crippen LogP contribution in [-0.2, 0) is 29.7 Å². The van der Waals surface area contributed by atoms with E-state index in [1.54, 1.807) is 0 Å². The van der Waals surface area contributed by atoms with Gasteiger partial charge in [0.1, 0.15) is 0 Å². The molecule has 1 saturated heterocycles. The van der Waals surface area contributed by atoms with Crippen LogP contribution in [0.15, 0.2) is 18.7 Å². The van der Waals surface area contributed by atoms with E-state index < -0.39 is 0 Å². The molecule has 1 unspecified atom stereocenters. The Kier molecular flexibility index (Phi) is 5.01. The maximum Gasteiger partial charge on any atom is 0.233 e. The molecule has 8 heteroatoms. The number of imidazole rings is 1. The van der Waals surface area contributed by atoms with Crippen LogP contribution in [0.4, 0.5) is 0 Å². The van der Waals surface area contributed by atoms with Gasteiger partial charge in [-0.15, -0.1) is 0 Å². The molecule has 0 spiro atoms. The van der Waals surface area contributed by atoms with Gasteiger partial charge in [0.05, 0.1) is 43.0 Å². The normalized spacial score (nSPS) is 20.9. The van der Waals surface area contributed by atoms with Crippen LogP contribution in [0, 0.1) is 0 Å². The van der Waals surface area contributed by atoms with Gasteiger partial charge in [-0.1, -0.05) is 0 Å². The molecular formula is C19H28N6O2. The lowest BCUT2D eigenvalue weighted by atomic mass is 9.96. The number of aromatic nitrogens is 4. The Balaban J connectivity index is 1.54. The van der Waals surface area contributed by atoms with Crippen molar-refractivity contribution in [2.75, 3.05) is 32.8 Å². The minimum Gasteiger partial charge on any atom is -0.378 e. The zero-order valence-corrected chi connectivity index (χ0v) is 16.3. The van der Waals surface area contributed by atoms with E-state index in [2.05, 4.69) is 35.0 Å². The summed E-state index contributed by atoms with van der Waals surface area (Å²) in [4.78, 5) is 22.0. The second-order valence-corrected chi connectivity index (χ2v) is 7.77. The number of aryl methyl sites for hydroxylation is 1. The first-order chi connectivity index (χ1) is 13.0. The lowest BCUT2D eigenvalue weighted by molar-refractivity contribution is -0.138. The first-order valence-electron chi connectivity index (χ1n) is 9.65. The molecule has 0 saturated carbocycles. The van der Waals surface area contributed by atoms with Crippen LogP contribution in [0.2, 0.25) is 0 Å². The van der Waals surface area contributed by atoms with Gasteiger partial charge in [-0.25, -0.2) is 4.98 Å². The van der Waals surface area contributed by atoms with Crippen molar-refractivity contribution in [3.63, 3.8) is 0 Å². The Bertz CT molecular complexity index is 805. The zero-order chi connectivity index (χ0) is 19.0. The number of hydrogen-bond donors (Lipinski definition) is 0. The van der Waals surface area contributed by atoms with E-state index in [4.69, 9.17) is 4.74 Å². The van der Waals surface area contributed by atoms with Gasteiger partial charge in [-0.2, -0.15) is 5.10 Å². The number of amides is 1. The summed E-state index contributed by atoms with van der Waals surface area (Å²) in [7, 11) is 1.98. The monoisotopic (exact) mass is 372 g/mol. The Hall–Kier alpha value is -2.19. The molecule has 1 fully saturated rings. The average molecular weight is 372 g/mol. The number of nitrogens with zero attached hydrogens (tertiary/aromatic N) is 6. The third-order valence-electron chi connectivity index (χ3n) is 5.42. The van der Waals surface area contributed by atoms with Gasteiger partial charge in [0.2, 0.25) is 5.91 Å². The number of ether oxygens (including phenoxy) is 1. The molecule has 1 amide bonds. The smallest absolute Gasteiger partial charge is 0.233 e. The van der Waals surface area contributed by atoms with Crippen molar-refractivity contribution >= 4 is 5.91 Å². The second kappa shape index (κ2) is 7.44. The quantitative estimate of drug-likeness (QED) is 0.806. The van der Waals surface area contributed by atoms with Gasteiger partial charge in [0, 0.05) is 57.6 Å². The van der Waals surface area contributed by atoms with Gasteiger partial charge in [-0.05, 0) is 13.8 Å². The van der Waals surface area contributed by atoms with E-state index in [9.17, 15) is 4.79 Å². The second-order valence-electron chi connectivity index (χ2n) is 7.77. The first kappa shape index (κ1) is 18.2. The summed E-state index contributed by atoms with van der Waals surface area (Å²) >= 11 is 0. The summed E-state index contributed by atoms with van der Waals surface area (Å²) in [5.41, 5.74) is 3.23. The maximum atomic E-state index is 13.2. The fraction of sp³-hybridized carbons (Fsp3) is 0.632. The molecule has 27 heavy (non-hydrogen) atoms. The van der Waals surface area contributed by atoms with Gasteiger partial charge < -0.3 is 14.2 Å². The van der Waals surface area contributed by atoms with Gasteiger partial charge in [0.15, 0.2) is 0 Å². The minimum atomic E-state index is -0.181. The van der Waals surface area contributed by atoms with Crippen molar-refractivity contribution in [2.45, 2.75) is 38.9 Å². The fourth-order valence-corrected chi connectivity index (χ4v) is 4.00. The van der Waals surface area contributed by atoms with E-state index in [0.29, 0.717) is 38.9 Å². The number of rotatable bonds is 4. The van der Waals surface area contributed by atoms with Gasteiger partial charge in [0.25, 0.3) is 0 Å². The molecule has 1 atom stereocenters. The van der Waals surface area contributed by atoms with E-state index in [1.807, 2.05) is 33.7 Å². The van der Waals surface area contributed by atoms with Crippen molar-refractivity contribution in [3.8, 4) is 0 Å². The third-order valence-corrected chi connectivity index (χ3v) is 5.42. The van der Waals surface area contributed by atoms with Crippen LogP contribution in [0.1, 0.15) is 42.8 Å². The first-order valence-corrected chi connectivity index (χ1v) is 9.65. The van der Waals surface area contributed by atoms with Crippen LogP contribution < -0.4 is 0 Å². The summed E-state index contributed by atoms with van der Waals surface area (Å²) in [5.74, 6) is 0.00483. The lowest BCUT2D eigenvalue weighted by Crippen LogP contribution is -2.47. The largest absolute Gasteiger partial charge is 0.378 e. The Morgan fingerprint density at radius 1 is 1.33 bits per heavy atom. The molecule has 0 aromatic carbocycles. The van der Waals surface area contributed by atoms with Crippen LogP contribution >= 0.6 is 0 Å². The predicted molar refractivity (Wildman–Crippen MR) is 100 cm³/mol. The predicted octanol–water partition coefficient (Wildman–Crippen LogP) is 1.16. The molecule has 8 nitrogen and oxygen atoms in total. The van der Waals surface area contributed by atoms with Crippen molar-refractivity contribution < 1.29 is 9.53 Å². The molecule has 146 valence electrons. The fourth-order valence-electron chi connectivity index (χ4n) is 4.00. The molecule has 2 aromatic heterocycles. The van der Waals surface area contributed by atoms with Gasteiger partial charge in [-0.3, -0.25) is 14.4 Å². The standard InChI is InChI=1S/C19H28N6O2/c1-14(2)25-10-15(8-21-25)9-23-11-16(18-17(12-23)20-13-22(18)3)19(26)24-4-6-27-7-5-24/h8,10,13-14,16H,4-7,9,11-12H2,1-3H3. The summed E-state index contributed by atoms with van der Waals surface area (Å²) in [5, 5.41) is 4.44. The topological polar surface area (TPSA) is 68.4 Å². The highest BCUT2D eigenvalue weighted by atomic mass is 16.5. The van der Waals surface area contributed by atoms with Crippen LogP contribution in [-0.4, -0.2) is 67.9 Å². The molecule has 0 N–H and O–H groups in total. The number of carbonyl (C=O) groups excluding carboxylic acids is 1. The Morgan fingerprint density at radius 2 is 2.11 bits per heavy atom. The van der Waals surface area contributed by atoms with Crippen LogP contribution in [0.25, 0.3) is 0 Å². The van der Waals surface area contributed by atoms with Gasteiger partial charge >= 0.3 is 0 Å². The highest BCUT2D eigenvalue weighted by Crippen LogP contribution is 2.30. The SMILES string of the molecule is CC(C)n1cc(CN2Cc3ncn(C)c3C(C(=O)N3CCOCC3)C2)cn1. The molecule has 0 aliphatic carbocycles. The number of carbonyl (C=O) groups is 1. The average Bonchev–Trinajstić information content (AvgIpc) is 3.29. The minimum absolute atomic E-state index is 0.181. The lowest BCUT2D eigenvalue weighted by Gasteiger charge is -2.36. The highest BCUT2D eigenvalue weighted by molar-refractivity contribution is 5.84. The maximum absolute atomic E-state index is 13.2.